The van der Waals surface area contributed by atoms with E-state index < -0.39 is 0 Å². The number of aliphatic hydroxyl groups excluding tert-OH is 1. The fraction of sp³-hybridized carbons (Fsp3) is 0.647. The maximum atomic E-state index is 9.16. The SMILES string of the molecule is CCNC(C)c1ccccc1N1CCCC(CCO)C1. The van der Waals surface area contributed by atoms with E-state index in [1.54, 1.807) is 0 Å². The van der Waals surface area contributed by atoms with Crippen molar-refractivity contribution in [2.24, 2.45) is 5.92 Å². The van der Waals surface area contributed by atoms with Gasteiger partial charge in [-0.2, -0.15) is 0 Å². The van der Waals surface area contributed by atoms with Crippen LogP contribution in [-0.4, -0.2) is 31.3 Å². The third kappa shape index (κ3) is 3.74. The fourth-order valence-corrected chi connectivity index (χ4v) is 3.26. The molecule has 0 saturated carbocycles. The van der Waals surface area contributed by atoms with E-state index in [1.807, 2.05) is 0 Å². The minimum atomic E-state index is 0.313. The smallest absolute Gasteiger partial charge is 0.0434 e. The van der Waals surface area contributed by atoms with Crippen molar-refractivity contribution in [3.05, 3.63) is 29.8 Å². The highest BCUT2D eigenvalue weighted by Gasteiger charge is 2.22. The molecule has 0 aliphatic carbocycles. The molecule has 1 fully saturated rings. The number of nitrogens with zero attached hydrogens (tertiary/aromatic N) is 1. The molecule has 112 valence electrons. The second kappa shape index (κ2) is 7.65. The lowest BCUT2D eigenvalue weighted by molar-refractivity contribution is 0.244. The molecule has 0 spiro atoms. The molecule has 20 heavy (non-hydrogen) atoms. The predicted octanol–water partition coefficient (Wildman–Crippen LogP) is 2.96. The molecule has 2 N–H and O–H groups in total. The lowest BCUT2D eigenvalue weighted by Crippen LogP contribution is -2.37. The molecule has 3 nitrogen and oxygen atoms in total. The first-order chi connectivity index (χ1) is 9.76. The number of piperidine rings is 1. The van der Waals surface area contributed by atoms with Gasteiger partial charge in [-0.25, -0.2) is 0 Å². The highest BCUT2D eigenvalue weighted by Crippen LogP contribution is 2.30. The van der Waals surface area contributed by atoms with Crippen molar-refractivity contribution in [2.45, 2.75) is 39.2 Å². The monoisotopic (exact) mass is 276 g/mol. The van der Waals surface area contributed by atoms with Crippen molar-refractivity contribution in [3.8, 4) is 0 Å². The normalized spacial score (nSPS) is 20.9. The number of para-hydroxylation sites is 1. The van der Waals surface area contributed by atoms with Crippen LogP contribution in [0.25, 0.3) is 0 Å². The van der Waals surface area contributed by atoms with Gasteiger partial charge in [-0.1, -0.05) is 25.1 Å². The van der Waals surface area contributed by atoms with Crippen LogP contribution in [0.4, 0.5) is 5.69 Å². The highest BCUT2D eigenvalue weighted by atomic mass is 16.3. The fourth-order valence-electron chi connectivity index (χ4n) is 3.26. The number of benzene rings is 1. The van der Waals surface area contributed by atoms with Gasteiger partial charge in [-0.15, -0.1) is 0 Å². The van der Waals surface area contributed by atoms with E-state index in [2.05, 4.69) is 48.3 Å². The first kappa shape index (κ1) is 15.3. The van der Waals surface area contributed by atoms with Crippen LogP contribution >= 0.6 is 0 Å². The molecule has 2 rings (SSSR count). The van der Waals surface area contributed by atoms with Crippen LogP contribution in [0.2, 0.25) is 0 Å². The number of aliphatic hydroxyl groups is 1. The summed E-state index contributed by atoms with van der Waals surface area (Å²) in [7, 11) is 0. The molecule has 0 aromatic heterocycles. The summed E-state index contributed by atoms with van der Waals surface area (Å²) >= 11 is 0. The van der Waals surface area contributed by atoms with E-state index in [4.69, 9.17) is 5.11 Å². The van der Waals surface area contributed by atoms with Gasteiger partial charge in [-0.3, -0.25) is 0 Å². The molecule has 3 heteroatoms. The minimum Gasteiger partial charge on any atom is -0.396 e. The van der Waals surface area contributed by atoms with Gasteiger partial charge in [-0.05, 0) is 50.3 Å². The van der Waals surface area contributed by atoms with Crippen molar-refractivity contribution in [3.63, 3.8) is 0 Å². The summed E-state index contributed by atoms with van der Waals surface area (Å²) in [5, 5.41) is 12.7. The molecule has 1 aliphatic rings. The van der Waals surface area contributed by atoms with Crippen molar-refractivity contribution in [2.75, 3.05) is 31.1 Å². The number of hydrogen-bond donors (Lipinski definition) is 2. The second-order valence-electron chi connectivity index (χ2n) is 5.80. The molecular weight excluding hydrogens is 248 g/mol. The average Bonchev–Trinajstić information content (AvgIpc) is 2.48. The quantitative estimate of drug-likeness (QED) is 0.838. The van der Waals surface area contributed by atoms with Crippen LogP contribution in [-0.2, 0) is 0 Å². The molecule has 1 aromatic rings. The summed E-state index contributed by atoms with van der Waals surface area (Å²) in [6.07, 6.45) is 3.41. The lowest BCUT2D eigenvalue weighted by Gasteiger charge is -2.36. The van der Waals surface area contributed by atoms with E-state index in [-0.39, 0.29) is 0 Å². The first-order valence-corrected chi connectivity index (χ1v) is 7.94. The number of rotatable bonds is 6. The van der Waals surface area contributed by atoms with Crippen LogP contribution in [0.5, 0.6) is 0 Å². The maximum absolute atomic E-state index is 9.16. The molecule has 1 aliphatic heterocycles. The van der Waals surface area contributed by atoms with Crippen molar-refractivity contribution in [1.29, 1.82) is 0 Å². The zero-order valence-corrected chi connectivity index (χ0v) is 12.8. The molecule has 2 unspecified atom stereocenters. The summed E-state index contributed by atoms with van der Waals surface area (Å²) in [5.41, 5.74) is 2.75. The number of hydrogen-bond acceptors (Lipinski definition) is 3. The molecule has 1 saturated heterocycles. The second-order valence-corrected chi connectivity index (χ2v) is 5.80. The zero-order chi connectivity index (χ0) is 14.4. The highest BCUT2D eigenvalue weighted by molar-refractivity contribution is 5.55. The van der Waals surface area contributed by atoms with Crippen molar-refractivity contribution in [1.82, 2.24) is 5.32 Å². The number of anilines is 1. The Morgan fingerprint density at radius 1 is 1.40 bits per heavy atom. The Hall–Kier alpha value is -1.06. The van der Waals surface area contributed by atoms with E-state index in [0.717, 1.165) is 26.1 Å². The van der Waals surface area contributed by atoms with Crippen molar-refractivity contribution < 1.29 is 5.11 Å². The molecule has 1 aromatic carbocycles. The minimum absolute atomic E-state index is 0.313. The average molecular weight is 276 g/mol. The van der Waals surface area contributed by atoms with E-state index in [1.165, 1.54) is 24.1 Å². The van der Waals surface area contributed by atoms with Crippen LogP contribution in [0.1, 0.15) is 44.7 Å². The van der Waals surface area contributed by atoms with E-state index in [0.29, 0.717) is 18.6 Å². The van der Waals surface area contributed by atoms with Gasteiger partial charge in [0.1, 0.15) is 0 Å². The summed E-state index contributed by atoms with van der Waals surface area (Å²) < 4.78 is 0. The van der Waals surface area contributed by atoms with Gasteiger partial charge in [0.05, 0.1) is 0 Å². The first-order valence-electron chi connectivity index (χ1n) is 7.94. The van der Waals surface area contributed by atoms with Crippen molar-refractivity contribution >= 4 is 5.69 Å². The molecule has 2 atom stereocenters. The van der Waals surface area contributed by atoms with E-state index in [9.17, 15) is 0 Å². The standard InChI is InChI=1S/C17H28N2O/c1-3-18-14(2)16-8-4-5-9-17(16)19-11-6-7-15(13-19)10-12-20/h4-5,8-9,14-15,18,20H,3,6-7,10-13H2,1-2H3. The van der Waals surface area contributed by atoms with Crippen LogP contribution in [0, 0.1) is 5.92 Å². The summed E-state index contributed by atoms with van der Waals surface area (Å²) in [6, 6.07) is 9.12. The number of nitrogens with one attached hydrogen (secondary N) is 1. The van der Waals surface area contributed by atoms with Gasteiger partial charge >= 0.3 is 0 Å². The lowest BCUT2D eigenvalue weighted by atomic mass is 9.93. The Balaban J connectivity index is 2.14. The molecule has 0 bridgehead atoms. The third-order valence-corrected chi connectivity index (χ3v) is 4.31. The zero-order valence-electron chi connectivity index (χ0n) is 12.8. The topological polar surface area (TPSA) is 35.5 Å². The van der Waals surface area contributed by atoms with Gasteiger partial charge in [0, 0.05) is 31.4 Å². The van der Waals surface area contributed by atoms with Gasteiger partial charge in [0.25, 0.3) is 0 Å². The van der Waals surface area contributed by atoms with Gasteiger partial charge in [0.15, 0.2) is 0 Å². The van der Waals surface area contributed by atoms with Gasteiger partial charge < -0.3 is 15.3 Å². The van der Waals surface area contributed by atoms with E-state index >= 15 is 0 Å². The van der Waals surface area contributed by atoms with Crippen LogP contribution in [0.15, 0.2) is 24.3 Å². The Morgan fingerprint density at radius 3 is 2.95 bits per heavy atom. The summed E-state index contributed by atoms with van der Waals surface area (Å²) in [6.45, 7) is 7.90. The Morgan fingerprint density at radius 2 is 2.20 bits per heavy atom. The maximum Gasteiger partial charge on any atom is 0.0434 e. The Labute approximate surface area is 123 Å². The largest absolute Gasteiger partial charge is 0.396 e. The Bertz CT molecular complexity index is 406. The third-order valence-electron chi connectivity index (χ3n) is 4.31. The molecule has 0 radical (unpaired) electrons. The van der Waals surface area contributed by atoms with Crippen LogP contribution in [0.3, 0.4) is 0 Å². The molecular formula is C17H28N2O. The molecule has 0 amide bonds. The van der Waals surface area contributed by atoms with Crippen LogP contribution < -0.4 is 10.2 Å². The summed E-state index contributed by atoms with van der Waals surface area (Å²) in [4.78, 5) is 2.51. The summed E-state index contributed by atoms with van der Waals surface area (Å²) in [5.74, 6) is 0.635. The predicted molar refractivity (Wildman–Crippen MR) is 85.2 cm³/mol. The van der Waals surface area contributed by atoms with Gasteiger partial charge in [0.2, 0.25) is 0 Å². The molecule has 1 heterocycles. The Kier molecular flexibility index (Phi) is 5.86.